The molecule has 0 aliphatic carbocycles. The Morgan fingerprint density at radius 2 is 1.96 bits per heavy atom. The molecule has 2 heterocycles. The lowest BCUT2D eigenvalue weighted by molar-refractivity contribution is 0.0787. The maximum Gasteiger partial charge on any atom is 0.270 e. The fourth-order valence-electron chi connectivity index (χ4n) is 2.56. The Bertz CT molecular complexity index is 720. The van der Waals surface area contributed by atoms with Gasteiger partial charge in [-0.05, 0) is 31.0 Å². The van der Waals surface area contributed by atoms with E-state index in [4.69, 9.17) is 16.3 Å². The molecule has 0 unspecified atom stereocenters. The molecule has 0 radical (unpaired) electrons. The minimum Gasteiger partial charge on any atom is -0.484 e. The van der Waals surface area contributed by atoms with Gasteiger partial charge in [-0.25, -0.2) is 0 Å². The van der Waals surface area contributed by atoms with Gasteiger partial charge in [0.05, 0.1) is 5.02 Å². The lowest BCUT2D eigenvalue weighted by Crippen LogP contribution is -2.27. The van der Waals surface area contributed by atoms with Crippen LogP contribution in [0.15, 0.2) is 36.5 Å². The van der Waals surface area contributed by atoms with E-state index in [0.29, 0.717) is 22.0 Å². The molecular formula is C17H17ClN2O3. The summed E-state index contributed by atoms with van der Waals surface area (Å²) in [6, 6.07) is 8.56. The fraction of sp³-hybridized carbons (Fsp3) is 0.294. The Labute approximate surface area is 139 Å². The first-order valence-corrected chi connectivity index (χ1v) is 7.91. The number of likely N-dealkylation sites (tertiary alicyclic amines) is 1. The molecule has 0 atom stereocenters. The number of amides is 1. The third kappa shape index (κ3) is 3.56. The van der Waals surface area contributed by atoms with Crippen LogP contribution in [0.4, 0.5) is 0 Å². The molecule has 1 aromatic heterocycles. The highest BCUT2D eigenvalue weighted by atomic mass is 35.5. The van der Waals surface area contributed by atoms with Gasteiger partial charge < -0.3 is 14.6 Å². The molecule has 6 heteroatoms. The van der Waals surface area contributed by atoms with Crippen molar-refractivity contribution in [3.8, 4) is 5.75 Å². The van der Waals surface area contributed by atoms with Crippen LogP contribution in [0.5, 0.6) is 5.75 Å². The van der Waals surface area contributed by atoms with Gasteiger partial charge in [-0.1, -0.05) is 23.7 Å². The Kier molecular flexibility index (Phi) is 4.67. The van der Waals surface area contributed by atoms with Gasteiger partial charge in [0.2, 0.25) is 5.78 Å². The third-order valence-corrected chi connectivity index (χ3v) is 4.14. The van der Waals surface area contributed by atoms with E-state index in [9.17, 15) is 9.59 Å². The van der Waals surface area contributed by atoms with Crippen molar-refractivity contribution in [1.82, 2.24) is 9.88 Å². The van der Waals surface area contributed by atoms with Crippen LogP contribution in [0.25, 0.3) is 0 Å². The van der Waals surface area contributed by atoms with Crippen molar-refractivity contribution in [1.29, 1.82) is 0 Å². The van der Waals surface area contributed by atoms with E-state index in [1.807, 2.05) is 0 Å². The first-order chi connectivity index (χ1) is 11.1. The number of nitrogens with zero attached hydrogens (tertiary/aromatic N) is 1. The summed E-state index contributed by atoms with van der Waals surface area (Å²) in [4.78, 5) is 29.1. The molecule has 120 valence electrons. The Balaban J connectivity index is 1.62. The molecule has 0 spiro atoms. The van der Waals surface area contributed by atoms with E-state index in [1.165, 1.54) is 0 Å². The molecular weight excluding hydrogens is 316 g/mol. The second-order valence-electron chi connectivity index (χ2n) is 5.44. The predicted molar refractivity (Wildman–Crippen MR) is 87.2 cm³/mol. The van der Waals surface area contributed by atoms with Crippen molar-refractivity contribution in [3.63, 3.8) is 0 Å². The van der Waals surface area contributed by atoms with Crippen molar-refractivity contribution >= 4 is 23.3 Å². The number of ketones is 1. The summed E-state index contributed by atoms with van der Waals surface area (Å²) in [6.07, 6.45) is 3.61. The monoisotopic (exact) mass is 332 g/mol. The molecule has 23 heavy (non-hydrogen) atoms. The minimum atomic E-state index is -0.207. The number of benzene rings is 1. The molecule has 1 amide bonds. The summed E-state index contributed by atoms with van der Waals surface area (Å²) in [5.41, 5.74) is 0.868. The van der Waals surface area contributed by atoms with E-state index in [2.05, 4.69) is 4.98 Å². The summed E-state index contributed by atoms with van der Waals surface area (Å²) in [6.45, 7) is 1.42. The van der Waals surface area contributed by atoms with Crippen molar-refractivity contribution in [2.45, 2.75) is 12.8 Å². The van der Waals surface area contributed by atoms with Crippen molar-refractivity contribution in [2.75, 3.05) is 19.7 Å². The first kappa shape index (κ1) is 15.6. The standard InChI is InChI=1S/C17H17ClN2O3/c18-13-5-1-2-6-16(13)23-11-15(21)12-9-14(19-10-12)17(22)20-7-3-4-8-20/h1-2,5-6,9-10,19H,3-4,7-8,11H2. The molecule has 1 aromatic carbocycles. The van der Waals surface area contributed by atoms with Gasteiger partial charge in [-0.3, -0.25) is 9.59 Å². The third-order valence-electron chi connectivity index (χ3n) is 3.82. The number of para-hydroxylation sites is 1. The quantitative estimate of drug-likeness (QED) is 0.855. The highest BCUT2D eigenvalue weighted by Gasteiger charge is 2.21. The molecule has 0 saturated carbocycles. The van der Waals surface area contributed by atoms with Gasteiger partial charge >= 0.3 is 0 Å². The van der Waals surface area contributed by atoms with E-state index >= 15 is 0 Å². The van der Waals surface area contributed by atoms with Gasteiger partial charge in [0, 0.05) is 24.8 Å². The summed E-state index contributed by atoms with van der Waals surface area (Å²) < 4.78 is 5.43. The number of carbonyl (C=O) groups excluding carboxylic acids is 2. The summed E-state index contributed by atoms with van der Waals surface area (Å²) in [5.74, 6) is 0.196. The van der Waals surface area contributed by atoms with E-state index in [-0.39, 0.29) is 18.3 Å². The second kappa shape index (κ2) is 6.87. The van der Waals surface area contributed by atoms with Crippen LogP contribution >= 0.6 is 11.6 Å². The van der Waals surface area contributed by atoms with Crippen molar-refractivity contribution in [2.24, 2.45) is 0 Å². The number of carbonyl (C=O) groups is 2. The topological polar surface area (TPSA) is 62.4 Å². The van der Waals surface area contributed by atoms with Crippen LogP contribution in [0.3, 0.4) is 0 Å². The SMILES string of the molecule is O=C(COc1ccccc1Cl)c1c[nH]c(C(=O)N2CCCC2)c1. The van der Waals surface area contributed by atoms with Crippen LogP contribution in [-0.4, -0.2) is 41.3 Å². The second-order valence-corrected chi connectivity index (χ2v) is 5.85. The smallest absolute Gasteiger partial charge is 0.270 e. The van der Waals surface area contributed by atoms with Crippen LogP contribution in [-0.2, 0) is 0 Å². The average molecular weight is 333 g/mol. The zero-order valence-corrected chi connectivity index (χ0v) is 13.3. The zero-order valence-electron chi connectivity index (χ0n) is 12.5. The number of Topliss-reactive ketones (excluding diaryl/α,β-unsaturated/α-hetero) is 1. The average Bonchev–Trinajstić information content (AvgIpc) is 3.24. The Morgan fingerprint density at radius 3 is 2.70 bits per heavy atom. The number of hydrogen-bond acceptors (Lipinski definition) is 3. The number of aromatic nitrogens is 1. The van der Waals surface area contributed by atoms with Gasteiger partial charge in [-0.2, -0.15) is 0 Å². The van der Waals surface area contributed by atoms with Crippen LogP contribution in [0.1, 0.15) is 33.7 Å². The Morgan fingerprint density at radius 1 is 1.22 bits per heavy atom. The summed E-state index contributed by atoms with van der Waals surface area (Å²) >= 11 is 5.98. The first-order valence-electron chi connectivity index (χ1n) is 7.53. The molecule has 5 nitrogen and oxygen atoms in total. The molecule has 1 N–H and O–H groups in total. The van der Waals surface area contributed by atoms with E-state index in [0.717, 1.165) is 25.9 Å². The van der Waals surface area contributed by atoms with Gasteiger partial charge in [0.15, 0.2) is 6.61 Å². The van der Waals surface area contributed by atoms with Gasteiger partial charge in [-0.15, -0.1) is 0 Å². The summed E-state index contributed by atoms with van der Waals surface area (Å²) in [5, 5.41) is 0.458. The van der Waals surface area contributed by atoms with Crippen molar-refractivity contribution < 1.29 is 14.3 Å². The number of halogens is 1. The van der Waals surface area contributed by atoms with Gasteiger partial charge in [0.25, 0.3) is 5.91 Å². The summed E-state index contributed by atoms with van der Waals surface area (Å²) in [7, 11) is 0. The van der Waals surface area contributed by atoms with Gasteiger partial charge in [0.1, 0.15) is 11.4 Å². The molecule has 2 aromatic rings. The number of rotatable bonds is 5. The molecule has 1 aliphatic heterocycles. The van der Waals surface area contributed by atoms with Crippen LogP contribution in [0, 0.1) is 0 Å². The molecule has 0 bridgehead atoms. The van der Waals surface area contributed by atoms with Crippen LogP contribution < -0.4 is 4.74 Å². The van der Waals surface area contributed by atoms with E-state index in [1.54, 1.807) is 41.4 Å². The van der Waals surface area contributed by atoms with E-state index < -0.39 is 0 Å². The number of nitrogens with one attached hydrogen (secondary N) is 1. The van der Waals surface area contributed by atoms with Crippen molar-refractivity contribution in [3.05, 3.63) is 52.8 Å². The molecule has 1 fully saturated rings. The number of hydrogen-bond donors (Lipinski definition) is 1. The fourth-order valence-corrected chi connectivity index (χ4v) is 2.75. The number of H-pyrrole nitrogens is 1. The predicted octanol–water partition coefficient (Wildman–Crippen LogP) is 3.17. The largest absolute Gasteiger partial charge is 0.484 e. The van der Waals surface area contributed by atoms with Crippen LogP contribution in [0.2, 0.25) is 5.02 Å². The zero-order chi connectivity index (χ0) is 16.2. The maximum absolute atomic E-state index is 12.2. The number of ether oxygens (including phenoxy) is 1. The maximum atomic E-state index is 12.2. The molecule has 3 rings (SSSR count). The molecule has 1 aliphatic rings. The lowest BCUT2D eigenvalue weighted by Gasteiger charge is -2.13. The molecule has 1 saturated heterocycles. The Hall–Kier alpha value is -2.27. The minimum absolute atomic E-state index is 0.0615. The lowest BCUT2D eigenvalue weighted by atomic mass is 10.2. The highest BCUT2D eigenvalue weighted by molar-refractivity contribution is 6.32. The highest BCUT2D eigenvalue weighted by Crippen LogP contribution is 2.23. The number of aromatic amines is 1. The normalized spacial score (nSPS) is 14.0.